The van der Waals surface area contributed by atoms with Crippen LogP contribution in [0.1, 0.15) is 6.23 Å². The van der Waals surface area contributed by atoms with Crippen LogP contribution in [-0.2, 0) is 18.8 Å². The summed E-state index contributed by atoms with van der Waals surface area (Å²) in [5.41, 5.74) is -0.898. The molecule has 0 aromatic carbocycles. The van der Waals surface area contributed by atoms with Crippen LogP contribution >= 0.6 is 0 Å². The van der Waals surface area contributed by atoms with E-state index in [4.69, 9.17) is 9.84 Å². The zero-order chi connectivity index (χ0) is 16.2. The Morgan fingerprint density at radius 3 is 2.50 bits per heavy atom. The highest BCUT2D eigenvalue weighted by Gasteiger charge is 2.44. The summed E-state index contributed by atoms with van der Waals surface area (Å²) in [5.74, 6) is 0. The van der Waals surface area contributed by atoms with Gasteiger partial charge in [-0.3, -0.25) is 13.9 Å². The first-order valence-corrected chi connectivity index (χ1v) is 6.64. The Morgan fingerprint density at radius 2 is 1.91 bits per heavy atom. The van der Waals surface area contributed by atoms with Crippen molar-refractivity contribution in [2.24, 2.45) is 14.1 Å². The van der Waals surface area contributed by atoms with Crippen molar-refractivity contribution in [2.75, 3.05) is 6.61 Å². The van der Waals surface area contributed by atoms with Crippen molar-refractivity contribution in [3.8, 4) is 0 Å². The Labute approximate surface area is 123 Å². The lowest BCUT2D eigenvalue weighted by atomic mass is 10.1. The van der Waals surface area contributed by atoms with Crippen molar-refractivity contribution >= 4 is 11.0 Å². The van der Waals surface area contributed by atoms with Gasteiger partial charge in [-0.15, -0.1) is 0 Å². The first-order chi connectivity index (χ1) is 10.4. The van der Waals surface area contributed by atoms with Gasteiger partial charge in [0.1, 0.15) is 23.7 Å². The van der Waals surface area contributed by atoms with Gasteiger partial charge >= 0.3 is 5.69 Å². The van der Waals surface area contributed by atoms with E-state index in [-0.39, 0.29) is 11.0 Å². The Bertz CT molecular complexity index is 836. The summed E-state index contributed by atoms with van der Waals surface area (Å²) < 4.78 is 8.70. The van der Waals surface area contributed by atoms with Crippen LogP contribution in [-0.4, -0.2) is 59.2 Å². The van der Waals surface area contributed by atoms with Gasteiger partial charge in [0.15, 0.2) is 11.9 Å². The quantitative estimate of drug-likeness (QED) is 0.540. The number of aryl methyl sites for hydroxylation is 1. The number of aliphatic hydroxyl groups excluding tert-OH is 3. The van der Waals surface area contributed by atoms with Gasteiger partial charge in [-0.05, 0) is 0 Å². The summed E-state index contributed by atoms with van der Waals surface area (Å²) in [7, 11) is 2.82. The smallest absolute Gasteiger partial charge is 0.332 e. The maximum Gasteiger partial charge on any atom is 0.332 e. The molecule has 3 heterocycles. The number of hydrogen-bond donors (Lipinski definition) is 3. The fraction of sp³-hybridized carbons (Fsp3) is 0.583. The molecule has 0 saturated carbocycles. The lowest BCUT2D eigenvalue weighted by Gasteiger charge is -2.17. The van der Waals surface area contributed by atoms with Crippen molar-refractivity contribution in [2.45, 2.75) is 24.5 Å². The minimum absolute atomic E-state index is 0.169. The van der Waals surface area contributed by atoms with Gasteiger partial charge in [0.2, 0.25) is 0 Å². The summed E-state index contributed by atoms with van der Waals surface area (Å²) in [4.78, 5) is 24.1. The van der Waals surface area contributed by atoms with E-state index in [0.717, 1.165) is 4.57 Å². The van der Waals surface area contributed by atoms with E-state index in [9.17, 15) is 19.8 Å². The fourth-order valence-corrected chi connectivity index (χ4v) is 2.69. The summed E-state index contributed by atoms with van der Waals surface area (Å²) in [5, 5.41) is 33.2. The molecule has 10 nitrogen and oxygen atoms in total. The summed E-state index contributed by atoms with van der Waals surface area (Å²) in [6.45, 7) is -0.478. The SMILES string of the molecule is Cn1c(=O)c2cnn([C@@H]3O[C@H](CO)[C@@H](O)[C@H]3O)c2n(C)c1=O. The topological polar surface area (TPSA) is 132 Å². The molecule has 0 spiro atoms. The normalized spacial score (nSPS) is 28.6. The molecular weight excluding hydrogens is 296 g/mol. The zero-order valence-electron chi connectivity index (χ0n) is 11.9. The number of nitrogens with zero attached hydrogens (tertiary/aromatic N) is 4. The molecule has 3 N–H and O–H groups in total. The molecule has 22 heavy (non-hydrogen) atoms. The van der Waals surface area contributed by atoms with Gasteiger partial charge in [-0.1, -0.05) is 0 Å². The van der Waals surface area contributed by atoms with Crippen molar-refractivity contribution < 1.29 is 20.1 Å². The van der Waals surface area contributed by atoms with E-state index in [1.165, 1.54) is 29.5 Å². The number of aromatic nitrogens is 4. The van der Waals surface area contributed by atoms with Crippen molar-refractivity contribution in [1.29, 1.82) is 0 Å². The van der Waals surface area contributed by atoms with Crippen LogP contribution in [0.25, 0.3) is 11.0 Å². The highest BCUT2D eigenvalue weighted by Crippen LogP contribution is 2.30. The van der Waals surface area contributed by atoms with Crippen molar-refractivity contribution in [3.05, 3.63) is 27.0 Å². The van der Waals surface area contributed by atoms with Crippen LogP contribution in [0.2, 0.25) is 0 Å². The molecule has 4 atom stereocenters. The molecule has 0 radical (unpaired) electrons. The number of hydrogen-bond acceptors (Lipinski definition) is 7. The van der Waals surface area contributed by atoms with Crippen LogP contribution in [0.5, 0.6) is 0 Å². The highest BCUT2D eigenvalue weighted by molar-refractivity contribution is 5.73. The number of fused-ring (bicyclic) bond motifs is 1. The fourth-order valence-electron chi connectivity index (χ4n) is 2.69. The first kappa shape index (κ1) is 14.9. The van der Waals surface area contributed by atoms with Crippen LogP contribution < -0.4 is 11.2 Å². The Kier molecular flexibility index (Phi) is 3.40. The predicted octanol–water partition coefficient (Wildman–Crippen LogP) is -2.95. The van der Waals surface area contributed by atoms with Crippen LogP contribution in [0, 0.1) is 0 Å². The van der Waals surface area contributed by atoms with Gasteiger partial charge < -0.3 is 20.1 Å². The number of rotatable bonds is 2. The lowest BCUT2D eigenvalue weighted by molar-refractivity contribution is -0.0568. The molecule has 120 valence electrons. The predicted molar refractivity (Wildman–Crippen MR) is 73.2 cm³/mol. The number of aliphatic hydroxyl groups is 3. The standard InChI is InChI=1S/C12H16N4O6/c1-14-9-5(10(20)15(2)12(14)21)3-13-16(9)11-8(19)7(18)6(4-17)22-11/h3,6-8,11,17-19H,4H2,1-2H3/t6-,7-,8-,11-/m1/s1. The average Bonchev–Trinajstić information content (AvgIpc) is 3.06. The summed E-state index contributed by atoms with van der Waals surface area (Å²) >= 11 is 0. The van der Waals surface area contributed by atoms with Crippen molar-refractivity contribution in [3.63, 3.8) is 0 Å². The van der Waals surface area contributed by atoms with E-state index >= 15 is 0 Å². The average molecular weight is 312 g/mol. The Balaban J connectivity index is 2.22. The zero-order valence-corrected chi connectivity index (χ0v) is 11.9. The molecule has 1 aliphatic heterocycles. The molecule has 0 aliphatic carbocycles. The molecule has 2 aromatic rings. The molecule has 0 bridgehead atoms. The molecule has 3 rings (SSSR count). The summed E-state index contributed by atoms with van der Waals surface area (Å²) in [6.07, 6.45) is -3.45. The molecule has 1 aliphatic rings. The Morgan fingerprint density at radius 1 is 1.23 bits per heavy atom. The third-order valence-corrected chi connectivity index (χ3v) is 3.95. The minimum Gasteiger partial charge on any atom is -0.394 e. The van der Waals surface area contributed by atoms with E-state index in [1.807, 2.05) is 0 Å². The van der Waals surface area contributed by atoms with E-state index in [1.54, 1.807) is 0 Å². The second kappa shape index (κ2) is 5.02. The second-order valence-corrected chi connectivity index (χ2v) is 5.26. The third kappa shape index (κ3) is 1.85. The minimum atomic E-state index is -1.35. The summed E-state index contributed by atoms with van der Waals surface area (Å²) in [6, 6.07) is 0. The van der Waals surface area contributed by atoms with Crippen molar-refractivity contribution in [1.82, 2.24) is 18.9 Å². The van der Waals surface area contributed by atoms with Gasteiger partial charge in [-0.25, -0.2) is 9.48 Å². The van der Waals surface area contributed by atoms with Crippen LogP contribution in [0.4, 0.5) is 0 Å². The van der Waals surface area contributed by atoms with Gasteiger partial charge in [0.25, 0.3) is 5.56 Å². The van der Waals surface area contributed by atoms with E-state index in [2.05, 4.69) is 5.10 Å². The molecule has 0 unspecified atom stereocenters. The Hall–Kier alpha value is -2.01. The molecular formula is C12H16N4O6. The first-order valence-electron chi connectivity index (χ1n) is 6.64. The van der Waals surface area contributed by atoms with Gasteiger partial charge in [0.05, 0.1) is 12.8 Å². The molecule has 2 aromatic heterocycles. The largest absolute Gasteiger partial charge is 0.394 e. The molecule has 10 heteroatoms. The molecule has 1 saturated heterocycles. The number of ether oxygens (including phenoxy) is 1. The lowest BCUT2D eigenvalue weighted by Crippen LogP contribution is -2.38. The highest BCUT2D eigenvalue weighted by atomic mass is 16.6. The molecule has 1 fully saturated rings. The maximum atomic E-state index is 12.1. The second-order valence-electron chi connectivity index (χ2n) is 5.26. The van der Waals surface area contributed by atoms with E-state index in [0.29, 0.717) is 0 Å². The van der Waals surface area contributed by atoms with Gasteiger partial charge in [0, 0.05) is 14.1 Å². The molecule has 0 amide bonds. The maximum absolute atomic E-state index is 12.1. The van der Waals surface area contributed by atoms with E-state index < -0.39 is 42.4 Å². The van der Waals surface area contributed by atoms with Crippen LogP contribution in [0.15, 0.2) is 15.8 Å². The monoisotopic (exact) mass is 312 g/mol. The third-order valence-electron chi connectivity index (χ3n) is 3.95. The van der Waals surface area contributed by atoms with Gasteiger partial charge in [-0.2, -0.15) is 5.10 Å². The van der Waals surface area contributed by atoms with Crippen LogP contribution in [0.3, 0.4) is 0 Å².